The molecule has 28 heavy (non-hydrogen) atoms. The number of carbonyl (C=O) groups is 1. The van der Waals surface area contributed by atoms with Crippen molar-refractivity contribution < 1.29 is 9.53 Å². The molecule has 1 aliphatic heterocycles. The molecule has 1 N–H and O–H groups in total. The van der Waals surface area contributed by atoms with E-state index in [9.17, 15) is 4.79 Å². The van der Waals surface area contributed by atoms with Crippen LogP contribution >= 0.6 is 0 Å². The van der Waals surface area contributed by atoms with Gasteiger partial charge in [0.2, 0.25) is 0 Å². The molecular formula is C20H34N6O2. The van der Waals surface area contributed by atoms with Crippen molar-refractivity contribution in [1.29, 1.82) is 0 Å². The third-order valence-electron chi connectivity index (χ3n) is 5.15. The molecule has 1 saturated carbocycles. The van der Waals surface area contributed by atoms with E-state index in [1.165, 1.54) is 5.56 Å². The lowest BCUT2D eigenvalue weighted by atomic mass is 10.0. The summed E-state index contributed by atoms with van der Waals surface area (Å²) in [6, 6.07) is 0.320. The zero-order valence-corrected chi connectivity index (χ0v) is 17.8. The maximum Gasteiger partial charge on any atom is 0.410 e. The fourth-order valence-corrected chi connectivity index (χ4v) is 3.63. The highest BCUT2D eigenvalue weighted by atomic mass is 16.6. The highest BCUT2D eigenvalue weighted by molar-refractivity contribution is 5.80. The van der Waals surface area contributed by atoms with Gasteiger partial charge >= 0.3 is 6.09 Å². The monoisotopic (exact) mass is 390 g/mol. The van der Waals surface area contributed by atoms with Gasteiger partial charge in [-0.25, -0.2) is 4.79 Å². The SMILES string of the molecule is CN=C(NCCN(C(=O)OC(C)(C)C)C1CC1)N1CCC(c2cnn(C)c2)C1. The Kier molecular flexibility index (Phi) is 6.15. The fourth-order valence-electron chi connectivity index (χ4n) is 3.63. The number of amides is 1. The number of aromatic nitrogens is 2. The molecule has 0 bridgehead atoms. The Hall–Kier alpha value is -2.25. The molecule has 1 aliphatic carbocycles. The van der Waals surface area contributed by atoms with Gasteiger partial charge in [0, 0.05) is 58.4 Å². The first-order chi connectivity index (χ1) is 13.3. The number of nitrogens with one attached hydrogen (secondary N) is 1. The van der Waals surface area contributed by atoms with Gasteiger partial charge in [-0.05, 0) is 45.6 Å². The number of nitrogens with zero attached hydrogens (tertiary/aromatic N) is 5. The van der Waals surface area contributed by atoms with Gasteiger partial charge in [-0.1, -0.05) is 0 Å². The van der Waals surface area contributed by atoms with Gasteiger partial charge in [0.1, 0.15) is 5.60 Å². The molecule has 8 nitrogen and oxygen atoms in total. The van der Waals surface area contributed by atoms with Crippen molar-refractivity contribution in [3.8, 4) is 0 Å². The Morgan fingerprint density at radius 3 is 2.71 bits per heavy atom. The van der Waals surface area contributed by atoms with Crippen LogP contribution in [0.25, 0.3) is 0 Å². The number of rotatable bonds is 5. The molecule has 2 heterocycles. The molecule has 2 fully saturated rings. The molecule has 3 rings (SSSR count). The Morgan fingerprint density at radius 2 is 2.14 bits per heavy atom. The highest BCUT2D eigenvalue weighted by Crippen LogP contribution is 2.28. The third kappa shape index (κ3) is 5.39. The summed E-state index contributed by atoms with van der Waals surface area (Å²) in [6.07, 6.45) is 7.06. The van der Waals surface area contributed by atoms with Crippen molar-refractivity contribution in [2.24, 2.45) is 12.0 Å². The Bertz CT molecular complexity index is 704. The van der Waals surface area contributed by atoms with E-state index in [0.717, 1.165) is 38.3 Å². The van der Waals surface area contributed by atoms with Crippen LogP contribution in [0, 0.1) is 0 Å². The van der Waals surface area contributed by atoms with Crippen LogP contribution in [0.4, 0.5) is 4.79 Å². The first-order valence-electron chi connectivity index (χ1n) is 10.2. The molecule has 1 atom stereocenters. The third-order valence-corrected chi connectivity index (χ3v) is 5.15. The van der Waals surface area contributed by atoms with Crippen molar-refractivity contribution in [3.63, 3.8) is 0 Å². The Morgan fingerprint density at radius 1 is 1.39 bits per heavy atom. The number of carbonyl (C=O) groups excluding carboxylic acids is 1. The van der Waals surface area contributed by atoms with Crippen molar-refractivity contribution in [1.82, 2.24) is 24.9 Å². The van der Waals surface area contributed by atoms with Gasteiger partial charge < -0.3 is 19.9 Å². The van der Waals surface area contributed by atoms with Crippen LogP contribution in [-0.2, 0) is 11.8 Å². The maximum absolute atomic E-state index is 12.5. The zero-order valence-electron chi connectivity index (χ0n) is 17.8. The molecule has 0 aromatic carbocycles. The van der Waals surface area contributed by atoms with Gasteiger partial charge in [0.25, 0.3) is 0 Å². The smallest absolute Gasteiger partial charge is 0.410 e. The van der Waals surface area contributed by atoms with E-state index in [4.69, 9.17) is 4.74 Å². The minimum absolute atomic E-state index is 0.218. The van der Waals surface area contributed by atoms with Crippen LogP contribution in [0.2, 0.25) is 0 Å². The lowest BCUT2D eigenvalue weighted by Gasteiger charge is -2.28. The minimum Gasteiger partial charge on any atom is -0.444 e. The van der Waals surface area contributed by atoms with Crippen LogP contribution in [0.15, 0.2) is 17.4 Å². The van der Waals surface area contributed by atoms with Gasteiger partial charge in [0.05, 0.1) is 6.20 Å². The quantitative estimate of drug-likeness (QED) is 0.616. The molecule has 1 unspecified atom stereocenters. The average molecular weight is 391 g/mol. The van der Waals surface area contributed by atoms with E-state index in [2.05, 4.69) is 26.5 Å². The molecule has 1 amide bonds. The highest BCUT2D eigenvalue weighted by Gasteiger charge is 2.35. The summed E-state index contributed by atoms with van der Waals surface area (Å²) in [7, 11) is 3.76. The number of hydrogen-bond donors (Lipinski definition) is 1. The molecule has 156 valence electrons. The summed E-state index contributed by atoms with van der Waals surface area (Å²) in [6.45, 7) is 8.91. The van der Waals surface area contributed by atoms with E-state index in [-0.39, 0.29) is 6.09 Å². The molecule has 1 aromatic heterocycles. The van der Waals surface area contributed by atoms with Gasteiger partial charge in [-0.2, -0.15) is 5.10 Å². The van der Waals surface area contributed by atoms with Crippen LogP contribution in [0.3, 0.4) is 0 Å². The number of aryl methyl sites for hydroxylation is 1. The molecular weight excluding hydrogens is 356 g/mol. The predicted molar refractivity (Wildman–Crippen MR) is 109 cm³/mol. The largest absolute Gasteiger partial charge is 0.444 e. The summed E-state index contributed by atoms with van der Waals surface area (Å²) in [5.74, 6) is 1.38. The Labute approximate surface area is 167 Å². The van der Waals surface area contributed by atoms with Gasteiger partial charge in [-0.3, -0.25) is 9.67 Å². The van der Waals surface area contributed by atoms with Crippen LogP contribution in [-0.4, -0.2) is 76.5 Å². The topological polar surface area (TPSA) is 75.0 Å². The predicted octanol–water partition coefficient (Wildman–Crippen LogP) is 2.18. The number of guanidine groups is 1. The molecule has 0 radical (unpaired) electrons. The van der Waals surface area contributed by atoms with Crippen molar-refractivity contribution >= 4 is 12.1 Å². The molecule has 1 saturated heterocycles. The van der Waals surface area contributed by atoms with Gasteiger partial charge in [-0.15, -0.1) is 0 Å². The number of likely N-dealkylation sites (tertiary alicyclic amines) is 1. The minimum atomic E-state index is -0.468. The standard InChI is InChI=1S/C20H34N6O2/c1-20(2,3)28-19(27)26(17-6-7-17)11-9-22-18(21-4)25-10-8-15(14-25)16-12-23-24(5)13-16/h12-13,15,17H,6-11,14H2,1-5H3,(H,21,22). The van der Waals surface area contributed by atoms with E-state index in [1.807, 2.05) is 50.6 Å². The van der Waals surface area contributed by atoms with Crippen LogP contribution < -0.4 is 5.32 Å². The Balaban J connectivity index is 1.49. The number of ether oxygens (including phenoxy) is 1. The summed E-state index contributed by atoms with van der Waals surface area (Å²) >= 11 is 0. The van der Waals surface area contributed by atoms with Crippen molar-refractivity contribution in [2.45, 2.75) is 57.6 Å². The zero-order chi connectivity index (χ0) is 20.3. The lowest BCUT2D eigenvalue weighted by Crippen LogP contribution is -2.46. The first-order valence-corrected chi connectivity index (χ1v) is 10.2. The van der Waals surface area contributed by atoms with E-state index in [0.29, 0.717) is 25.0 Å². The summed E-state index contributed by atoms with van der Waals surface area (Å²) in [4.78, 5) is 21.1. The molecule has 1 aromatic rings. The van der Waals surface area contributed by atoms with E-state index < -0.39 is 5.60 Å². The second-order valence-corrected chi connectivity index (χ2v) is 8.76. The van der Waals surface area contributed by atoms with Crippen LogP contribution in [0.1, 0.15) is 51.5 Å². The number of hydrogen-bond acceptors (Lipinski definition) is 4. The normalized spacial score (nSPS) is 20.4. The maximum atomic E-state index is 12.5. The lowest BCUT2D eigenvalue weighted by molar-refractivity contribution is 0.0237. The fraction of sp³-hybridized carbons (Fsp3) is 0.750. The second-order valence-electron chi connectivity index (χ2n) is 8.76. The first kappa shape index (κ1) is 20.5. The van der Waals surface area contributed by atoms with E-state index >= 15 is 0 Å². The summed E-state index contributed by atoms with van der Waals surface area (Å²) < 4.78 is 7.42. The molecule has 0 spiro atoms. The van der Waals surface area contributed by atoms with Crippen molar-refractivity contribution in [3.05, 3.63) is 18.0 Å². The summed E-state index contributed by atoms with van der Waals surface area (Å²) in [5, 5.41) is 7.71. The van der Waals surface area contributed by atoms with E-state index in [1.54, 1.807) is 0 Å². The van der Waals surface area contributed by atoms with Crippen molar-refractivity contribution in [2.75, 3.05) is 33.2 Å². The average Bonchev–Trinajstić information content (AvgIpc) is 3.15. The summed E-state index contributed by atoms with van der Waals surface area (Å²) in [5.41, 5.74) is 0.815. The molecule has 2 aliphatic rings. The molecule has 8 heteroatoms. The second kappa shape index (κ2) is 8.41. The number of aliphatic imine (C=N–C) groups is 1. The van der Waals surface area contributed by atoms with Crippen LogP contribution in [0.5, 0.6) is 0 Å². The van der Waals surface area contributed by atoms with Gasteiger partial charge in [0.15, 0.2) is 5.96 Å².